The minimum atomic E-state index is -5.62. The quantitative estimate of drug-likeness (QED) is 0.00324. The molecule has 7 aliphatic rings. The first-order valence-corrected chi connectivity index (χ1v) is 46.3. The molecule has 60 heteroatoms. The van der Waals surface area contributed by atoms with Gasteiger partial charge in [-0.3, -0.25) is 81.4 Å². The summed E-state index contributed by atoms with van der Waals surface area (Å²) in [6.07, 6.45) is -19.4. The van der Waals surface area contributed by atoms with Crippen molar-refractivity contribution in [3.8, 4) is 0 Å². The number of nitrogens with one attached hydrogen (secondary N) is 6. The van der Waals surface area contributed by atoms with Gasteiger partial charge in [-0.25, -0.2) is 33.6 Å². The van der Waals surface area contributed by atoms with Gasteiger partial charge in [0.2, 0.25) is 0 Å². The molecule has 7 saturated heterocycles. The average molecular weight is 2350 g/mol. The number of carbonyl (C=O) groups excluding carboxylic acids is 3. The van der Waals surface area contributed by atoms with Gasteiger partial charge in [0.1, 0.15) is 98.1 Å². The van der Waals surface area contributed by atoms with E-state index in [0.717, 1.165) is 83.3 Å². The fraction of sp³-hybridized carbons (Fsp3) is 0.663. The van der Waals surface area contributed by atoms with E-state index in [1.807, 2.05) is 49.8 Å². The summed E-state index contributed by atoms with van der Waals surface area (Å²) in [7, 11) is 8.86. The number of ether oxygens (including phenoxy) is 11. The summed E-state index contributed by atoms with van der Waals surface area (Å²) in [5.41, 5.74) is 2.83. The molecule has 7 aliphatic heterocycles. The number of aromatic amines is 5. The number of rotatable bonds is 28. The lowest BCUT2D eigenvalue weighted by atomic mass is 10.1. The van der Waals surface area contributed by atoms with Crippen molar-refractivity contribution in [3.63, 3.8) is 0 Å². The predicted octanol–water partition coefficient (Wildman–Crippen LogP) is -5.71. The summed E-state index contributed by atoms with van der Waals surface area (Å²) >= 11 is 2.15. The van der Waals surface area contributed by atoms with Crippen LogP contribution in [-0.4, -0.2) is 367 Å². The molecule has 12 rings (SSSR count). The van der Waals surface area contributed by atoms with E-state index < -0.39 is 261 Å². The molecule has 12 heterocycles. The van der Waals surface area contributed by atoms with Gasteiger partial charge in [-0.1, -0.05) is 65.0 Å². The third kappa shape index (κ3) is 36.5. The van der Waals surface area contributed by atoms with Crippen LogP contribution in [0.2, 0.25) is 0 Å². The number of hydrogen-bond acceptors (Lipinski definition) is 37. The number of aliphatic hydroxyl groups is 10. The molecule has 146 heavy (non-hydrogen) atoms. The molecule has 0 aromatic carbocycles. The third-order valence-corrected chi connectivity index (χ3v) is 22.8. The van der Waals surface area contributed by atoms with Crippen LogP contribution < -0.4 is 91.3 Å². The maximum absolute atomic E-state index is 13.0. The highest BCUT2D eigenvalue weighted by Gasteiger charge is 2.53. The Morgan fingerprint density at radius 2 is 0.788 bits per heavy atom. The van der Waals surface area contributed by atoms with Crippen molar-refractivity contribution in [1.29, 1.82) is 0 Å². The molecule has 1 amide bonds. The van der Waals surface area contributed by atoms with E-state index in [0.29, 0.717) is 53.3 Å². The van der Waals surface area contributed by atoms with Crippen LogP contribution in [-0.2, 0) is 92.7 Å². The van der Waals surface area contributed by atoms with E-state index >= 15 is 0 Å². The molecule has 0 saturated carbocycles. The highest BCUT2D eigenvalue weighted by Crippen LogP contribution is 2.36. The lowest BCUT2D eigenvalue weighted by Gasteiger charge is -2.29. The summed E-state index contributed by atoms with van der Waals surface area (Å²) in [6, 6.07) is 1.16. The second-order valence-corrected chi connectivity index (χ2v) is 34.0. The zero-order chi connectivity index (χ0) is 109. The number of aromatic nitrogens is 10. The minimum Gasteiger partial charge on any atom is -1.00 e. The van der Waals surface area contributed by atoms with Gasteiger partial charge < -0.3 is 148 Å². The number of allylic oxidation sites excluding steroid dienone is 3. The molecular weight excluding hydrogens is 2210 g/mol. The van der Waals surface area contributed by atoms with Gasteiger partial charge in [0, 0.05) is 131 Å². The number of esters is 2. The van der Waals surface area contributed by atoms with Crippen molar-refractivity contribution in [2.24, 2.45) is 5.73 Å². The summed E-state index contributed by atoms with van der Waals surface area (Å²) in [5.74, 6) is -8.55. The van der Waals surface area contributed by atoms with Crippen LogP contribution in [0.4, 0.5) is 39.5 Å². The molecule has 0 aliphatic carbocycles. The Morgan fingerprint density at radius 1 is 0.479 bits per heavy atom. The van der Waals surface area contributed by atoms with Crippen molar-refractivity contribution < 1.29 is 187 Å². The molecular formula is C86H132F9I2N15O34. The van der Waals surface area contributed by atoms with Crippen LogP contribution >= 0.6 is 22.6 Å². The number of quaternary nitrogens is 1. The third-order valence-electron chi connectivity index (χ3n) is 22.8. The fourth-order valence-corrected chi connectivity index (χ4v) is 15.4. The molecule has 5 aromatic heterocycles. The number of alkyl halides is 10. The van der Waals surface area contributed by atoms with Gasteiger partial charge in [0.25, 0.3) is 27.8 Å². The number of carbonyl (C=O) groups is 3. The molecule has 49 nitrogen and oxygen atoms in total. The van der Waals surface area contributed by atoms with Gasteiger partial charge in [0.05, 0.1) is 70.8 Å². The molecule has 0 radical (unpaired) electrons. The molecule has 832 valence electrons. The maximum Gasteiger partial charge on any atom is 0.491 e. The number of H-pyrrole nitrogens is 5. The Labute approximate surface area is 858 Å². The zero-order valence-corrected chi connectivity index (χ0v) is 85.3. The topological polar surface area (TPSA) is 674 Å². The fourth-order valence-electron chi connectivity index (χ4n) is 15.4. The Bertz CT molecular complexity index is 5670. The number of halogens is 11. The normalized spacial score (nSPS) is 25.3. The highest BCUT2D eigenvalue weighted by atomic mass is 127. The molecule has 5 unspecified atom stereocenters. The first-order chi connectivity index (χ1) is 67.6. The first-order valence-electron chi connectivity index (χ1n) is 44.2. The van der Waals surface area contributed by atoms with Crippen LogP contribution in [0, 0.1) is 0 Å². The lowest BCUT2D eigenvalue weighted by molar-refractivity contribution is -0.911. The monoisotopic (exact) mass is 2340 g/mol. The standard InChI is InChI=1S/C18H24F3N3O7.2C16H25N3O6.C15H23N3O6.C10H14N2O6.C5H11N.C4F6O3.CH3I.CH4.HI.H2/c1-9(2)4-5-23(16(28)18(19,20)21)6-10-7-24(17(29)22-14(10)27)15-13(30-3)12(26)11(8-25)31-15;1-19(5-3-4-6-19)8-10-7-18(16(23)17-14(10)22)15-13(24-2)12(21)11(9-20)25-15;1-9(2)4-5-17-6-10-7-19(16(23)18-14(10)22)15-13(24-3)12(21)11(8-20)25-15;1-23-12-11(20)10(8-19)24-14(12)18-7-9(13(21)16-15(18)22)6-17-4-2-3-5-17;1-17-8-7(15)5(4-13)18-9(8)12-3-2-6(14)11-10(12)16;1-5(2)3-4-6;5-3(6,7)1(11)13-2(12)4(8,9)10;1-2;;;/h4,7,11-13,15,25-26H,5-6,8H2,1-3H3,(H,22,27,29);7,11-13,15,20-21H,3-6,8-9H2,1-2H3;4,7,11-13,15,17,20-21H,5-6,8H2,1-3H3,(H,18,22,23);7,10-12,14,19-20H,2-6,8H2,1H3,(H,16,21,22);2-3,5,7-9,13,15H,4H2,1H3,(H,11,14,16);3H,4,6H2,1-2H3;;1H3;1H4;2*1H/t3*11-,12?,13+,15-;10-,11?,12+,14-;5-,7?,8+,9-;;;;;;/m11111....../s1/i;;;;;;;;;;1+1. The van der Waals surface area contributed by atoms with Gasteiger partial charge in [-0.05, 0) is 72.4 Å². The van der Waals surface area contributed by atoms with Gasteiger partial charge in [-0.2, -0.15) is 39.5 Å². The first kappa shape index (κ1) is 131. The van der Waals surface area contributed by atoms with Crippen LogP contribution in [0.25, 0.3) is 0 Å². The smallest absolute Gasteiger partial charge is 0.491 e. The van der Waals surface area contributed by atoms with Crippen LogP contribution in [0.5, 0.6) is 0 Å². The van der Waals surface area contributed by atoms with E-state index in [2.05, 4.69) is 64.5 Å². The number of amides is 1. The summed E-state index contributed by atoms with van der Waals surface area (Å²) in [4.78, 5) is 167. The summed E-state index contributed by atoms with van der Waals surface area (Å²) < 4.78 is 168. The van der Waals surface area contributed by atoms with E-state index in [-0.39, 0.29) is 44.9 Å². The van der Waals surface area contributed by atoms with E-state index in [9.17, 15) is 148 Å². The van der Waals surface area contributed by atoms with Gasteiger partial charge >= 0.3 is 64.8 Å². The van der Waals surface area contributed by atoms with Crippen molar-refractivity contribution in [1.82, 2.24) is 62.9 Å². The zero-order valence-electron chi connectivity index (χ0n) is 81.0. The van der Waals surface area contributed by atoms with Crippen LogP contribution in [0.3, 0.4) is 0 Å². The number of hydrogen-bond donors (Lipinski definition) is 17. The molecule has 18 N–H and O–H groups in total. The number of nitrogens with zero attached hydrogens (tertiary/aromatic N) is 8. The highest BCUT2D eigenvalue weighted by molar-refractivity contribution is 14.1. The molecule has 5 aromatic rings. The van der Waals surface area contributed by atoms with Crippen molar-refractivity contribution in [2.45, 2.75) is 242 Å². The second kappa shape index (κ2) is 60.8. The number of nitrogens with two attached hydrogens (primary N) is 1. The van der Waals surface area contributed by atoms with Gasteiger partial charge in [-0.15, -0.1) is 0 Å². The van der Waals surface area contributed by atoms with Gasteiger partial charge in [0.15, 0.2) is 31.1 Å². The second-order valence-electron chi connectivity index (χ2n) is 34.0. The van der Waals surface area contributed by atoms with E-state index in [1.54, 1.807) is 13.8 Å². The number of likely N-dealkylation sites (tertiary alicyclic amines) is 2. The van der Waals surface area contributed by atoms with Crippen LogP contribution in [0.1, 0.15) is 129 Å². The Balaban J connectivity index is 0.000000592. The maximum atomic E-state index is 13.0. The molecule has 7 fully saturated rings. The van der Waals surface area contributed by atoms with E-state index in [1.165, 1.54) is 85.7 Å². The van der Waals surface area contributed by atoms with Crippen LogP contribution in [0.15, 0.2) is 120 Å². The summed E-state index contributed by atoms with van der Waals surface area (Å²) in [5, 5.41) is 99.7. The SMILES string of the molecule is C.CC(C)=CCN.CI.CO[C@H]1C(O)[C@@H](CO)O[C@H]1n1cc(CN(CC=C(C)C)C(=O)C(F)(F)F)c(=O)[nH]c1=O.CO[C@H]1C(O)[C@@H](CO)O[C@H]1n1cc(CN2CCCC2)c(=O)[nH]c1=O.CO[C@H]1C(O)[C@@H](CO)O[C@H]1n1cc(CNCC=C(C)C)c(=O)[nH]c1=O.CO[C@H]1C(O)[C@@H](CO)O[C@H]1n1cc(C[N+]2(C)CCCC2)c(=O)[nH]c1=O.CO[C@H]1C(O)[C@@H](CO)O[C@H]1n1ccc(=O)[nH]c1=O.O=C(OC(=O)C(F)(F)F)C(F)(F)F.[2HH].[I-]. The van der Waals surface area contributed by atoms with E-state index in [4.69, 9.17) is 58.2 Å². The molecule has 0 spiro atoms. The molecule has 20 atom stereocenters. The van der Waals surface area contributed by atoms with Crippen molar-refractivity contribution in [2.75, 3.05) is 126 Å². The predicted molar refractivity (Wildman–Crippen MR) is 502 cm³/mol. The summed E-state index contributed by atoms with van der Waals surface area (Å²) in [6.45, 7) is 14.3. The Kier molecular flexibility index (Phi) is 54.7. The minimum absolute atomic E-state index is 0. The average Bonchev–Trinajstić information content (AvgIpc) is 1.70. The van der Waals surface area contributed by atoms with Crippen molar-refractivity contribution in [3.05, 3.63) is 198 Å². The van der Waals surface area contributed by atoms with Crippen molar-refractivity contribution >= 4 is 40.4 Å². The molecule has 0 bridgehead atoms. The Hall–Kier alpha value is -8.90. The number of aliphatic hydroxyl groups excluding tert-OH is 10. The Morgan fingerprint density at radius 3 is 1.10 bits per heavy atom. The largest absolute Gasteiger partial charge is 1.00 e. The number of methoxy groups -OCH3 is 5. The lowest BCUT2D eigenvalue weighted by Crippen LogP contribution is -3.00.